The molecule has 2 heterocycles. The summed E-state index contributed by atoms with van der Waals surface area (Å²) in [6.45, 7) is 6.16. The van der Waals surface area contributed by atoms with Crippen molar-refractivity contribution in [1.82, 2.24) is 4.98 Å². The smallest absolute Gasteiger partial charge is 0.131 e. The number of pyridine rings is 1. The minimum absolute atomic E-state index is 0.543. The molecule has 88 valence electrons. The maximum absolute atomic E-state index is 5.74. The van der Waals surface area contributed by atoms with Gasteiger partial charge in [0.05, 0.1) is 0 Å². The molecule has 0 amide bonds. The van der Waals surface area contributed by atoms with Crippen LogP contribution in [-0.4, -0.2) is 24.1 Å². The number of nitrogens with zero attached hydrogens (tertiary/aromatic N) is 2. The van der Waals surface area contributed by atoms with Gasteiger partial charge in [0, 0.05) is 23.3 Å². The van der Waals surface area contributed by atoms with Crippen molar-refractivity contribution in [3.63, 3.8) is 0 Å². The van der Waals surface area contributed by atoms with E-state index in [1.54, 1.807) is 0 Å². The number of hydrogen-bond acceptors (Lipinski definition) is 3. The summed E-state index contributed by atoms with van der Waals surface area (Å²) >= 11 is 3.44. The lowest BCUT2D eigenvalue weighted by Gasteiger charge is -2.24. The minimum Gasteiger partial charge on any atom is -0.353 e. The summed E-state index contributed by atoms with van der Waals surface area (Å²) < 4.78 is 1.04. The molecule has 1 fully saturated rings. The van der Waals surface area contributed by atoms with Crippen LogP contribution < -0.4 is 10.6 Å². The van der Waals surface area contributed by atoms with Gasteiger partial charge in [-0.05, 0) is 60.3 Å². The fraction of sp³-hybridized carbons (Fsp3) is 0.583. The van der Waals surface area contributed by atoms with Crippen molar-refractivity contribution in [2.45, 2.75) is 26.3 Å². The first-order valence-corrected chi connectivity index (χ1v) is 6.50. The Bertz CT molecular complexity index is 381. The first kappa shape index (κ1) is 11.9. The van der Waals surface area contributed by atoms with Crippen LogP contribution in [0.2, 0.25) is 0 Å². The van der Waals surface area contributed by atoms with E-state index in [4.69, 9.17) is 5.73 Å². The molecule has 0 radical (unpaired) electrons. The monoisotopic (exact) mass is 283 g/mol. The van der Waals surface area contributed by atoms with Gasteiger partial charge in [-0.2, -0.15) is 0 Å². The fourth-order valence-electron chi connectivity index (χ4n) is 2.44. The van der Waals surface area contributed by atoms with Gasteiger partial charge in [0.2, 0.25) is 0 Å². The molecule has 2 atom stereocenters. The molecule has 1 aliphatic rings. The predicted octanol–water partition coefficient (Wildman–Crippen LogP) is 2.33. The van der Waals surface area contributed by atoms with E-state index in [0.29, 0.717) is 12.0 Å². The van der Waals surface area contributed by atoms with Crippen LogP contribution in [0, 0.1) is 12.8 Å². The molecule has 2 N–H and O–H groups in total. The number of hydrogen-bond donors (Lipinski definition) is 1. The van der Waals surface area contributed by atoms with E-state index in [1.807, 2.05) is 6.20 Å². The third-order valence-corrected chi connectivity index (χ3v) is 3.72. The molecule has 4 heteroatoms. The topological polar surface area (TPSA) is 42.2 Å². The predicted molar refractivity (Wildman–Crippen MR) is 70.6 cm³/mol. The summed E-state index contributed by atoms with van der Waals surface area (Å²) in [5.41, 5.74) is 6.97. The van der Waals surface area contributed by atoms with Gasteiger partial charge in [-0.25, -0.2) is 4.98 Å². The van der Waals surface area contributed by atoms with Crippen molar-refractivity contribution >= 4 is 21.7 Å². The highest BCUT2D eigenvalue weighted by molar-refractivity contribution is 9.10. The Kier molecular flexibility index (Phi) is 3.50. The Morgan fingerprint density at radius 1 is 1.62 bits per heavy atom. The van der Waals surface area contributed by atoms with Gasteiger partial charge < -0.3 is 10.6 Å². The molecule has 2 rings (SSSR count). The lowest BCUT2D eigenvalue weighted by atomic mass is 10.1. The standard InChI is InChI=1S/C12H18BrN3/c1-8-3-11(13)6-15-12(8)16-7-10(5-14)4-9(16)2/h3,6,9-10H,4-5,7,14H2,1-2H3. The number of halogens is 1. The molecule has 0 aromatic carbocycles. The van der Waals surface area contributed by atoms with Gasteiger partial charge >= 0.3 is 0 Å². The van der Waals surface area contributed by atoms with Crippen LogP contribution in [0.3, 0.4) is 0 Å². The van der Waals surface area contributed by atoms with Gasteiger partial charge in [-0.3, -0.25) is 0 Å². The maximum Gasteiger partial charge on any atom is 0.131 e. The van der Waals surface area contributed by atoms with E-state index in [1.165, 1.54) is 12.0 Å². The zero-order valence-electron chi connectivity index (χ0n) is 9.78. The van der Waals surface area contributed by atoms with Crippen LogP contribution in [0.15, 0.2) is 16.7 Å². The van der Waals surface area contributed by atoms with Crippen molar-refractivity contribution in [2.75, 3.05) is 18.0 Å². The molecule has 0 spiro atoms. The largest absolute Gasteiger partial charge is 0.353 e. The second kappa shape index (κ2) is 4.72. The Labute approximate surface area is 105 Å². The normalized spacial score (nSPS) is 25.1. The molecule has 0 saturated carbocycles. The van der Waals surface area contributed by atoms with Crippen molar-refractivity contribution < 1.29 is 0 Å². The lowest BCUT2D eigenvalue weighted by molar-refractivity contribution is 0.579. The molecule has 3 nitrogen and oxygen atoms in total. The van der Waals surface area contributed by atoms with Crippen molar-refractivity contribution in [3.8, 4) is 0 Å². The van der Waals surface area contributed by atoms with Gasteiger partial charge in [0.15, 0.2) is 0 Å². The van der Waals surface area contributed by atoms with Crippen LogP contribution >= 0.6 is 15.9 Å². The highest BCUT2D eigenvalue weighted by atomic mass is 79.9. The highest BCUT2D eigenvalue weighted by Gasteiger charge is 2.29. The summed E-state index contributed by atoms with van der Waals surface area (Å²) in [5.74, 6) is 1.71. The number of aryl methyl sites for hydroxylation is 1. The Balaban J connectivity index is 2.24. The summed E-state index contributed by atoms with van der Waals surface area (Å²) in [5, 5.41) is 0. The Hall–Kier alpha value is -0.610. The van der Waals surface area contributed by atoms with Crippen LogP contribution in [-0.2, 0) is 0 Å². The van der Waals surface area contributed by atoms with Gasteiger partial charge in [0.1, 0.15) is 5.82 Å². The molecule has 2 unspecified atom stereocenters. The number of nitrogens with two attached hydrogens (primary N) is 1. The molecule has 1 aromatic rings. The van der Waals surface area contributed by atoms with Gasteiger partial charge in [-0.1, -0.05) is 0 Å². The van der Waals surface area contributed by atoms with E-state index in [-0.39, 0.29) is 0 Å². The molecule has 0 aliphatic carbocycles. The van der Waals surface area contributed by atoms with Crippen LogP contribution in [0.4, 0.5) is 5.82 Å². The van der Waals surface area contributed by atoms with Crippen LogP contribution in [0.25, 0.3) is 0 Å². The summed E-state index contributed by atoms with van der Waals surface area (Å²) in [6, 6.07) is 2.66. The third kappa shape index (κ3) is 2.23. The summed E-state index contributed by atoms with van der Waals surface area (Å²) in [6.07, 6.45) is 3.04. The number of rotatable bonds is 2. The fourth-order valence-corrected chi connectivity index (χ4v) is 2.89. The van der Waals surface area contributed by atoms with Crippen molar-refractivity contribution in [3.05, 3.63) is 22.3 Å². The number of anilines is 1. The minimum atomic E-state index is 0.543. The molecule has 0 bridgehead atoms. The van der Waals surface area contributed by atoms with E-state index in [2.05, 4.69) is 45.7 Å². The third-order valence-electron chi connectivity index (χ3n) is 3.28. The average molecular weight is 284 g/mol. The van der Waals surface area contributed by atoms with Crippen molar-refractivity contribution in [2.24, 2.45) is 11.7 Å². The van der Waals surface area contributed by atoms with Gasteiger partial charge in [-0.15, -0.1) is 0 Å². The SMILES string of the molecule is Cc1cc(Br)cnc1N1CC(CN)CC1C. The van der Waals surface area contributed by atoms with Crippen molar-refractivity contribution in [1.29, 1.82) is 0 Å². The second-order valence-corrected chi connectivity index (χ2v) is 5.55. The molecular weight excluding hydrogens is 266 g/mol. The second-order valence-electron chi connectivity index (χ2n) is 4.63. The number of aromatic nitrogens is 1. The first-order chi connectivity index (χ1) is 7.61. The molecule has 1 saturated heterocycles. The van der Waals surface area contributed by atoms with Gasteiger partial charge in [0.25, 0.3) is 0 Å². The van der Waals surface area contributed by atoms with E-state index < -0.39 is 0 Å². The van der Waals surface area contributed by atoms with E-state index in [0.717, 1.165) is 23.4 Å². The quantitative estimate of drug-likeness (QED) is 0.906. The molecule has 16 heavy (non-hydrogen) atoms. The van der Waals surface area contributed by atoms with Crippen LogP contribution in [0.1, 0.15) is 18.9 Å². The molecular formula is C12H18BrN3. The maximum atomic E-state index is 5.74. The first-order valence-electron chi connectivity index (χ1n) is 5.70. The Morgan fingerprint density at radius 3 is 2.94 bits per heavy atom. The molecule has 1 aromatic heterocycles. The average Bonchev–Trinajstić information content (AvgIpc) is 2.60. The van der Waals surface area contributed by atoms with Crippen LogP contribution in [0.5, 0.6) is 0 Å². The zero-order chi connectivity index (χ0) is 11.7. The Morgan fingerprint density at radius 2 is 2.38 bits per heavy atom. The van der Waals surface area contributed by atoms with E-state index in [9.17, 15) is 0 Å². The highest BCUT2D eigenvalue weighted by Crippen LogP contribution is 2.30. The summed E-state index contributed by atoms with van der Waals surface area (Å²) in [7, 11) is 0. The van der Waals surface area contributed by atoms with E-state index >= 15 is 0 Å². The summed E-state index contributed by atoms with van der Waals surface area (Å²) in [4.78, 5) is 6.89. The molecule has 1 aliphatic heterocycles. The zero-order valence-corrected chi connectivity index (χ0v) is 11.4. The lowest BCUT2D eigenvalue weighted by Crippen LogP contribution is -2.29.